The van der Waals surface area contributed by atoms with Crippen LogP contribution in [0, 0.1) is 6.92 Å². The van der Waals surface area contributed by atoms with Crippen molar-refractivity contribution < 1.29 is 14.3 Å². The van der Waals surface area contributed by atoms with Crippen LogP contribution < -0.4 is 5.32 Å². The second-order valence-corrected chi connectivity index (χ2v) is 8.58. The van der Waals surface area contributed by atoms with Crippen LogP contribution >= 0.6 is 0 Å². The molecule has 0 saturated carbocycles. The molecule has 1 aliphatic heterocycles. The Balaban J connectivity index is 1.65. The van der Waals surface area contributed by atoms with E-state index in [0.29, 0.717) is 38.2 Å². The fraction of sp³-hybridized carbons (Fsp3) is 0.500. The zero-order valence-electron chi connectivity index (χ0n) is 17.9. The SMILES string of the molecule is Cc1ccc(CCC(=O)Nc2c3c(nn2C)CCN(C(=O)OC(C)(C)C)C3)cc1. The van der Waals surface area contributed by atoms with E-state index in [1.165, 1.54) is 5.56 Å². The fourth-order valence-electron chi connectivity index (χ4n) is 3.35. The summed E-state index contributed by atoms with van der Waals surface area (Å²) in [4.78, 5) is 26.6. The average Bonchev–Trinajstić information content (AvgIpc) is 2.94. The van der Waals surface area contributed by atoms with Gasteiger partial charge in [0, 0.05) is 32.0 Å². The Morgan fingerprint density at radius 2 is 1.90 bits per heavy atom. The molecule has 0 bridgehead atoms. The highest BCUT2D eigenvalue weighted by Gasteiger charge is 2.30. The van der Waals surface area contributed by atoms with Crippen LogP contribution in [0.2, 0.25) is 0 Å². The summed E-state index contributed by atoms with van der Waals surface area (Å²) >= 11 is 0. The Bertz CT molecular complexity index is 894. The van der Waals surface area contributed by atoms with Crippen LogP contribution in [0.4, 0.5) is 10.6 Å². The predicted molar refractivity (Wildman–Crippen MR) is 112 cm³/mol. The van der Waals surface area contributed by atoms with E-state index in [9.17, 15) is 9.59 Å². The highest BCUT2D eigenvalue weighted by atomic mass is 16.6. The highest BCUT2D eigenvalue weighted by Crippen LogP contribution is 2.27. The summed E-state index contributed by atoms with van der Waals surface area (Å²) in [5, 5.41) is 7.51. The smallest absolute Gasteiger partial charge is 0.410 e. The van der Waals surface area contributed by atoms with Gasteiger partial charge in [0.1, 0.15) is 11.4 Å². The minimum atomic E-state index is -0.542. The van der Waals surface area contributed by atoms with Gasteiger partial charge in [-0.3, -0.25) is 9.48 Å². The van der Waals surface area contributed by atoms with Crippen LogP contribution in [0.5, 0.6) is 0 Å². The third-order valence-corrected chi connectivity index (χ3v) is 4.87. The topological polar surface area (TPSA) is 76.5 Å². The van der Waals surface area contributed by atoms with Crippen molar-refractivity contribution in [3.05, 3.63) is 46.6 Å². The molecule has 1 aromatic carbocycles. The third-order valence-electron chi connectivity index (χ3n) is 4.87. The average molecular weight is 399 g/mol. The van der Waals surface area contributed by atoms with Gasteiger partial charge in [0.05, 0.1) is 12.2 Å². The van der Waals surface area contributed by atoms with E-state index in [2.05, 4.69) is 22.5 Å². The number of hydrogen-bond acceptors (Lipinski definition) is 4. The quantitative estimate of drug-likeness (QED) is 0.854. The van der Waals surface area contributed by atoms with E-state index >= 15 is 0 Å². The number of anilines is 1. The van der Waals surface area contributed by atoms with Crippen molar-refractivity contribution in [1.82, 2.24) is 14.7 Å². The van der Waals surface area contributed by atoms with E-state index < -0.39 is 5.60 Å². The standard InChI is InChI=1S/C22H30N4O3/c1-15-6-8-16(9-7-15)10-11-19(27)23-20-17-14-26(21(28)29-22(2,3)4)13-12-18(17)24-25(20)5/h6-9H,10-14H2,1-5H3,(H,23,27). The van der Waals surface area contributed by atoms with Crippen LogP contribution in [0.25, 0.3) is 0 Å². The molecule has 2 aromatic rings. The molecule has 1 aromatic heterocycles. The maximum absolute atomic E-state index is 12.5. The number of hydrogen-bond donors (Lipinski definition) is 1. The van der Waals surface area contributed by atoms with Gasteiger partial charge in [0.2, 0.25) is 5.91 Å². The van der Waals surface area contributed by atoms with Crippen molar-refractivity contribution >= 4 is 17.8 Å². The Morgan fingerprint density at radius 3 is 2.55 bits per heavy atom. The Morgan fingerprint density at radius 1 is 1.21 bits per heavy atom. The maximum atomic E-state index is 12.5. The lowest BCUT2D eigenvalue weighted by molar-refractivity contribution is -0.116. The van der Waals surface area contributed by atoms with Crippen molar-refractivity contribution in [3.63, 3.8) is 0 Å². The van der Waals surface area contributed by atoms with Gasteiger partial charge in [-0.25, -0.2) is 4.79 Å². The number of aryl methyl sites for hydroxylation is 3. The van der Waals surface area contributed by atoms with E-state index in [0.717, 1.165) is 16.8 Å². The molecule has 29 heavy (non-hydrogen) atoms. The van der Waals surface area contributed by atoms with Gasteiger partial charge >= 0.3 is 6.09 Å². The normalized spacial score (nSPS) is 13.8. The maximum Gasteiger partial charge on any atom is 0.410 e. The number of ether oxygens (including phenoxy) is 1. The Labute approximate surface area is 172 Å². The van der Waals surface area contributed by atoms with Gasteiger partial charge < -0.3 is 15.0 Å². The van der Waals surface area contributed by atoms with Crippen LogP contribution in [0.15, 0.2) is 24.3 Å². The van der Waals surface area contributed by atoms with Gasteiger partial charge in [-0.2, -0.15) is 5.10 Å². The Kier molecular flexibility index (Phi) is 5.96. The van der Waals surface area contributed by atoms with Crippen molar-refractivity contribution in [2.45, 2.75) is 59.1 Å². The lowest BCUT2D eigenvalue weighted by atomic mass is 10.1. The number of aromatic nitrogens is 2. The van der Waals surface area contributed by atoms with Gasteiger partial charge in [-0.1, -0.05) is 29.8 Å². The molecule has 2 amide bonds. The minimum Gasteiger partial charge on any atom is -0.444 e. The van der Waals surface area contributed by atoms with E-state index in [1.54, 1.807) is 9.58 Å². The van der Waals surface area contributed by atoms with Crippen LogP contribution in [-0.2, 0) is 36.0 Å². The summed E-state index contributed by atoms with van der Waals surface area (Å²) in [6.45, 7) is 8.53. The molecular formula is C22H30N4O3. The largest absolute Gasteiger partial charge is 0.444 e. The first-order valence-electron chi connectivity index (χ1n) is 10.0. The molecule has 0 unspecified atom stereocenters. The van der Waals surface area contributed by atoms with Crippen molar-refractivity contribution in [2.24, 2.45) is 7.05 Å². The van der Waals surface area contributed by atoms with Crippen LogP contribution in [-0.4, -0.2) is 38.8 Å². The second-order valence-electron chi connectivity index (χ2n) is 8.58. The molecule has 7 heteroatoms. The molecule has 0 atom stereocenters. The number of carbonyl (C=O) groups is 2. The Hall–Kier alpha value is -2.83. The summed E-state index contributed by atoms with van der Waals surface area (Å²) in [5.41, 5.74) is 3.59. The molecular weight excluding hydrogens is 368 g/mol. The highest BCUT2D eigenvalue weighted by molar-refractivity contribution is 5.91. The first kappa shape index (κ1) is 20.9. The lowest BCUT2D eigenvalue weighted by Gasteiger charge is -2.29. The van der Waals surface area contributed by atoms with Gasteiger partial charge in [0.25, 0.3) is 0 Å². The molecule has 0 spiro atoms. The molecule has 0 fully saturated rings. The summed E-state index contributed by atoms with van der Waals surface area (Å²) in [5.74, 6) is 0.591. The molecule has 3 rings (SSSR count). The zero-order valence-corrected chi connectivity index (χ0v) is 17.9. The number of rotatable bonds is 4. The van der Waals surface area contributed by atoms with Crippen LogP contribution in [0.3, 0.4) is 0 Å². The van der Waals surface area contributed by atoms with E-state index in [1.807, 2.05) is 46.9 Å². The van der Waals surface area contributed by atoms with Gasteiger partial charge in [-0.15, -0.1) is 0 Å². The second kappa shape index (κ2) is 8.27. The summed E-state index contributed by atoms with van der Waals surface area (Å²) in [6.07, 6.45) is 1.36. The monoisotopic (exact) mass is 398 g/mol. The number of carbonyl (C=O) groups excluding carboxylic acids is 2. The van der Waals surface area contributed by atoms with Crippen molar-refractivity contribution in [1.29, 1.82) is 0 Å². The molecule has 0 radical (unpaired) electrons. The number of nitrogens with one attached hydrogen (secondary N) is 1. The molecule has 156 valence electrons. The van der Waals surface area contributed by atoms with E-state index in [-0.39, 0.29) is 12.0 Å². The van der Waals surface area contributed by atoms with E-state index in [4.69, 9.17) is 4.74 Å². The summed E-state index contributed by atoms with van der Waals surface area (Å²) < 4.78 is 7.18. The van der Waals surface area contributed by atoms with Gasteiger partial charge in [-0.05, 0) is 39.7 Å². The molecule has 1 aliphatic rings. The lowest BCUT2D eigenvalue weighted by Crippen LogP contribution is -2.40. The summed E-state index contributed by atoms with van der Waals surface area (Å²) in [6, 6.07) is 8.20. The van der Waals surface area contributed by atoms with Gasteiger partial charge in [0.15, 0.2) is 0 Å². The first-order chi connectivity index (χ1) is 13.6. The number of fused-ring (bicyclic) bond motifs is 1. The molecule has 2 heterocycles. The van der Waals surface area contributed by atoms with Crippen molar-refractivity contribution in [3.8, 4) is 0 Å². The number of amides is 2. The van der Waals surface area contributed by atoms with Crippen molar-refractivity contribution in [2.75, 3.05) is 11.9 Å². The molecule has 0 aliphatic carbocycles. The first-order valence-corrected chi connectivity index (χ1v) is 10.0. The predicted octanol–water partition coefficient (Wildman–Crippen LogP) is 3.59. The molecule has 7 nitrogen and oxygen atoms in total. The number of benzene rings is 1. The summed E-state index contributed by atoms with van der Waals surface area (Å²) in [7, 11) is 1.81. The van der Waals surface area contributed by atoms with Crippen LogP contribution in [0.1, 0.15) is 49.6 Å². The zero-order chi connectivity index (χ0) is 21.2. The minimum absolute atomic E-state index is 0.0641. The third kappa shape index (κ3) is 5.37. The molecule has 0 saturated heterocycles. The fourth-order valence-corrected chi connectivity index (χ4v) is 3.35. The number of nitrogens with zero attached hydrogens (tertiary/aromatic N) is 3. The molecule has 1 N–H and O–H groups in total.